The maximum atomic E-state index is 12.4. The van der Waals surface area contributed by atoms with Gasteiger partial charge in [0.1, 0.15) is 39.7 Å². The number of likely N-dealkylation sites (N-methyl/N-ethyl adjacent to an activating group) is 1. The van der Waals surface area contributed by atoms with Crippen molar-refractivity contribution in [3.63, 3.8) is 0 Å². The van der Waals surface area contributed by atoms with Crippen LogP contribution in [0.4, 0.5) is 11.5 Å². The molecule has 8 nitrogen and oxygen atoms in total. The van der Waals surface area contributed by atoms with Crippen LogP contribution in [0.5, 0.6) is 5.75 Å². The first-order valence-electron chi connectivity index (χ1n) is 10.4. The Balaban J connectivity index is 1.52. The number of nitrogens with zero attached hydrogens (tertiary/aromatic N) is 5. The highest BCUT2D eigenvalue weighted by Crippen LogP contribution is 2.41. The molecule has 1 aromatic carbocycles. The van der Waals surface area contributed by atoms with Crippen LogP contribution in [0.2, 0.25) is 0 Å². The van der Waals surface area contributed by atoms with E-state index < -0.39 is 11.2 Å². The molecule has 1 amide bonds. The summed E-state index contributed by atoms with van der Waals surface area (Å²) < 4.78 is 18.1. The van der Waals surface area contributed by atoms with E-state index in [4.69, 9.17) is 14.7 Å². The third kappa shape index (κ3) is 4.15. The lowest BCUT2D eigenvalue weighted by Crippen LogP contribution is -2.27. The Morgan fingerprint density at radius 2 is 2.15 bits per heavy atom. The van der Waals surface area contributed by atoms with E-state index in [0.29, 0.717) is 28.0 Å². The number of nitriles is 1. The summed E-state index contributed by atoms with van der Waals surface area (Å²) in [4.78, 5) is 26.5. The molecule has 168 valence electrons. The average molecular weight is 480 g/mol. The summed E-state index contributed by atoms with van der Waals surface area (Å²) in [6, 6.07) is 11.6. The molecule has 0 bridgehead atoms. The van der Waals surface area contributed by atoms with Gasteiger partial charge in [0.25, 0.3) is 5.91 Å². The fraction of sp³-hybridized carbons (Fsp3) is 0.304. The minimum absolute atomic E-state index is 0.0303. The molecule has 5 rings (SSSR count). The molecular weight excluding hydrogens is 458 g/mol. The number of anilines is 2. The highest BCUT2D eigenvalue weighted by atomic mass is 32.2. The van der Waals surface area contributed by atoms with E-state index in [1.807, 2.05) is 24.3 Å². The topological polar surface area (TPSA) is 105 Å². The molecule has 0 saturated heterocycles. The molecule has 33 heavy (non-hydrogen) atoms. The number of benzene rings is 1. The van der Waals surface area contributed by atoms with Gasteiger partial charge in [0, 0.05) is 32.4 Å². The van der Waals surface area contributed by atoms with Crippen LogP contribution < -0.4 is 9.64 Å². The number of carbonyl (C=O) groups is 1. The second-order valence-electron chi connectivity index (χ2n) is 8.07. The molecular formula is C23H21N5O3S2. The lowest BCUT2D eigenvalue weighted by molar-refractivity contribution is -0.130. The van der Waals surface area contributed by atoms with Crippen LogP contribution in [0.15, 0.2) is 30.3 Å². The number of ether oxygens (including phenoxy) is 1. The number of amides is 1. The van der Waals surface area contributed by atoms with Gasteiger partial charge in [0.05, 0.1) is 10.4 Å². The molecule has 0 fully saturated rings. The zero-order valence-electron chi connectivity index (χ0n) is 18.2. The Bertz CT molecular complexity index is 1280. The van der Waals surface area contributed by atoms with Crippen molar-refractivity contribution in [2.75, 3.05) is 32.1 Å². The van der Waals surface area contributed by atoms with E-state index in [2.05, 4.69) is 11.0 Å². The Morgan fingerprint density at radius 3 is 2.91 bits per heavy atom. The van der Waals surface area contributed by atoms with Gasteiger partial charge < -0.3 is 19.1 Å². The van der Waals surface area contributed by atoms with Gasteiger partial charge in [-0.15, -0.1) is 11.3 Å². The molecule has 0 aliphatic carbocycles. The Kier molecular flexibility index (Phi) is 5.70. The summed E-state index contributed by atoms with van der Waals surface area (Å²) in [7, 11) is 3.39. The van der Waals surface area contributed by atoms with Crippen LogP contribution >= 0.6 is 11.3 Å². The van der Waals surface area contributed by atoms with Crippen LogP contribution in [0.25, 0.3) is 10.7 Å². The monoisotopic (exact) mass is 479 g/mol. The van der Waals surface area contributed by atoms with Crippen molar-refractivity contribution >= 4 is 39.9 Å². The molecule has 1 unspecified atom stereocenters. The van der Waals surface area contributed by atoms with Gasteiger partial charge >= 0.3 is 0 Å². The Morgan fingerprint density at radius 1 is 1.30 bits per heavy atom. The predicted octanol–water partition coefficient (Wildman–Crippen LogP) is 3.00. The number of aromatic nitrogens is 2. The minimum Gasteiger partial charge on any atom is -0.616 e. The number of rotatable bonds is 5. The van der Waals surface area contributed by atoms with Crippen LogP contribution in [0.3, 0.4) is 0 Å². The standard InChI is InChI=1S/C23H21N5O3S2/c1-27(2)21(29)11-31-15-4-3-14-7-8-28(19(14)9-15)23-17-12-33(30)13-18(17)25-22(26-23)20-6-5-16(10-24)32-20/h3-6,9H,7-8,11-13H2,1-2H3. The lowest BCUT2D eigenvalue weighted by atomic mass is 10.1. The zero-order valence-corrected chi connectivity index (χ0v) is 19.8. The number of carbonyl (C=O) groups excluding carboxylic acids is 1. The second kappa shape index (κ2) is 8.67. The van der Waals surface area contributed by atoms with Crippen molar-refractivity contribution in [1.29, 1.82) is 5.26 Å². The SMILES string of the molecule is CN(C)C(=O)COc1ccc2c(c1)N(c1nc(-c3ccc(C#N)s3)nc3c1C[S+]([O-])C3)CC2. The van der Waals surface area contributed by atoms with Crippen molar-refractivity contribution in [2.45, 2.75) is 17.9 Å². The molecule has 0 saturated carbocycles. The van der Waals surface area contributed by atoms with E-state index in [9.17, 15) is 14.6 Å². The largest absolute Gasteiger partial charge is 0.616 e. The molecule has 0 N–H and O–H groups in total. The van der Waals surface area contributed by atoms with Crippen LogP contribution in [-0.2, 0) is 33.9 Å². The number of hydrogen-bond acceptors (Lipinski definition) is 8. The molecule has 0 radical (unpaired) electrons. The molecule has 3 aromatic rings. The fourth-order valence-electron chi connectivity index (χ4n) is 3.94. The molecule has 10 heteroatoms. The van der Waals surface area contributed by atoms with Gasteiger partial charge in [0.2, 0.25) is 0 Å². The summed E-state index contributed by atoms with van der Waals surface area (Å²) in [5, 5.41) is 9.19. The van der Waals surface area contributed by atoms with E-state index in [1.54, 1.807) is 20.2 Å². The van der Waals surface area contributed by atoms with E-state index in [0.717, 1.165) is 46.2 Å². The molecule has 2 aromatic heterocycles. The first-order valence-corrected chi connectivity index (χ1v) is 12.7. The maximum Gasteiger partial charge on any atom is 0.259 e. The van der Waals surface area contributed by atoms with Crippen LogP contribution in [-0.4, -0.2) is 52.6 Å². The number of hydrogen-bond donors (Lipinski definition) is 0. The normalized spacial score (nSPS) is 16.3. The zero-order chi connectivity index (χ0) is 23.1. The van der Waals surface area contributed by atoms with Crippen molar-refractivity contribution in [3.8, 4) is 22.5 Å². The summed E-state index contributed by atoms with van der Waals surface area (Å²) >= 11 is 0.336. The smallest absolute Gasteiger partial charge is 0.259 e. The second-order valence-corrected chi connectivity index (χ2v) is 10.6. The predicted molar refractivity (Wildman–Crippen MR) is 127 cm³/mol. The van der Waals surface area contributed by atoms with Gasteiger partial charge in [-0.05, 0) is 41.4 Å². The molecule has 2 aliphatic rings. The van der Waals surface area contributed by atoms with Crippen molar-refractivity contribution in [1.82, 2.24) is 14.9 Å². The van der Waals surface area contributed by atoms with Gasteiger partial charge in [-0.3, -0.25) is 4.79 Å². The maximum absolute atomic E-state index is 12.4. The van der Waals surface area contributed by atoms with E-state index in [1.165, 1.54) is 16.2 Å². The van der Waals surface area contributed by atoms with Crippen molar-refractivity contribution in [3.05, 3.63) is 52.0 Å². The summed E-state index contributed by atoms with van der Waals surface area (Å²) in [6.45, 7) is 0.705. The molecule has 0 spiro atoms. The van der Waals surface area contributed by atoms with Gasteiger partial charge in [-0.2, -0.15) is 5.26 Å². The van der Waals surface area contributed by atoms with Crippen molar-refractivity contribution < 1.29 is 14.1 Å². The van der Waals surface area contributed by atoms with E-state index >= 15 is 0 Å². The Labute approximate surface area is 198 Å². The van der Waals surface area contributed by atoms with E-state index in [-0.39, 0.29) is 12.5 Å². The third-order valence-corrected chi connectivity index (χ3v) is 7.87. The fourth-order valence-corrected chi connectivity index (χ4v) is 5.94. The lowest BCUT2D eigenvalue weighted by Gasteiger charge is -2.21. The van der Waals surface area contributed by atoms with Gasteiger partial charge in [-0.25, -0.2) is 9.97 Å². The highest BCUT2D eigenvalue weighted by Gasteiger charge is 2.34. The minimum atomic E-state index is -1.01. The Hall–Kier alpha value is -3.13. The van der Waals surface area contributed by atoms with Gasteiger partial charge in [0.15, 0.2) is 12.4 Å². The van der Waals surface area contributed by atoms with Crippen LogP contribution in [0, 0.1) is 11.3 Å². The molecule has 2 aliphatic heterocycles. The summed E-state index contributed by atoms with van der Waals surface area (Å²) in [5.74, 6) is 2.64. The number of thiophene rings is 1. The quantitative estimate of drug-likeness (QED) is 0.518. The highest BCUT2D eigenvalue weighted by molar-refractivity contribution is 7.90. The average Bonchev–Trinajstić information content (AvgIpc) is 3.53. The molecule has 4 heterocycles. The van der Waals surface area contributed by atoms with Crippen LogP contribution in [0.1, 0.15) is 21.7 Å². The number of fused-ring (bicyclic) bond motifs is 2. The van der Waals surface area contributed by atoms with Gasteiger partial charge in [-0.1, -0.05) is 6.07 Å². The first-order chi connectivity index (χ1) is 15.9. The first kappa shape index (κ1) is 21.7. The van der Waals surface area contributed by atoms with Crippen molar-refractivity contribution in [2.24, 2.45) is 0 Å². The third-order valence-electron chi connectivity index (χ3n) is 5.68. The summed E-state index contributed by atoms with van der Waals surface area (Å²) in [5.41, 5.74) is 3.85. The summed E-state index contributed by atoms with van der Waals surface area (Å²) in [6.07, 6.45) is 0.848. The molecule has 1 atom stereocenters.